The fraction of sp³-hybridized carbons (Fsp3) is 0.167. The average molecular weight is 295 g/mol. The largest absolute Gasteiger partial charge is 0.485 e. The maximum atomic E-state index is 11.2. The van der Waals surface area contributed by atoms with Crippen molar-refractivity contribution in [2.75, 3.05) is 0 Å². The molecule has 0 bridgehead atoms. The fourth-order valence-electron chi connectivity index (χ4n) is 1.42. The van der Waals surface area contributed by atoms with Crippen molar-refractivity contribution < 1.29 is 4.74 Å². The van der Waals surface area contributed by atoms with Gasteiger partial charge in [0.05, 0.1) is 4.47 Å². The standard InChI is InChI=1S/C12H11BrN2O2/c1-8-6-12(16)15-11(14-8)7-17-10-5-3-2-4-9(10)13/h2-6H,7H2,1H3,(H,14,15,16). The van der Waals surface area contributed by atoms with E-state index < -0.39 is 0 Å². The summed E-state index contributed by atoms with van der Waals surface area (Å²) in [5.41, 5.74) is 0.516. The minimum Gasteiger partial charge on any atom is -0.485 e. The maximum absolute atomic E-state index is 11.2. The van der Waals surface area contributed by atoms with Crippen LogP contribution < -0.4 is 10.3 Å². The van der Waals surface area contributed by atoms with Crippen LogP contribution in [0, 0.1) is 6.92 Å². The number of nitrogens with one attached hydrogen (secondary N) is 1. The summed E-state index contributed by atoms with van der Waals surface area (Å²) in [4.78, 5) is 18.0. The predicted molar refractivity (Wildman–Crippen MR) is 68.1 cm³/mol. The highest BCUT2D eigenvalue weighted by molar-refractivity contribution is 9.10. The van der Waals surface area contributed by atoms with Gasteiger partial charge in [0.2, 0.25) is 0 Å². The molecule has 0 aliphatic heterocycles. The lowest BCUT2D eigenvalue weighted by Crippen LogP contribution is -2.13. The van der Waals surface area contributed by atoms with E-state index in [4.69, 9.17) is 4.74 Å². The van der Waals surface area contributed by atoms with Crippen LogP contribution in [0.4, 0.5) is 0 Å². The van der Waals surface area contributed by atoms with Gasteiger partial charge in [0.15, 0.2) is 0 Å². The van der Waals surface area contributed by atoms with Gasteiger partial charge in [-0.1, -0.05) is 12.1 Å². The van der Waals surface area contributed by atoms with Crippen LogP contribution in [-0.4, -0.2) is 9.97 Å². The summed E-state index contributed by atoms with van der Waals surface area (Å²) in [6, 6.07) is 8.97. The quantitative estimate of drug-likeness (QED) is 0.946. The molecule has 0 radical (unpaired) electrons. The predicted octanol–water partition coefficient (Wildman–Crippen LogP) is 2.42. The molecule has 1 aromatic carbocycles. The molecular weight excluding hydrogens is 284 g/mol. The number of rotatable bonds is 3. The van der Waals surface area contributed by atoms with Gasteiger partial charge in [0, 0.05) is 11.8 Å². The van der Waals surface area contributed by atoms with Crippen LogP contribution in [0.3, 0.4) is 0 Å². The lowest BCUT2D eigenvalue weighted by atomic mass is 10.3. The van der Waals surface area contributed by atoms with E-state index in [0.29, 0.717) is 11.5 Å². The van der Waals surface area contributed by atoms with E-state index in [1.165, 1.54) is 6.07 Å². The molecule has 2 aromatic rings. The average Bonchev–Trinajstić information content (AvgIpc) is 2.27. The summed E-state index contributed by atoms with van der Waals surface area (Å²) in [6.07, 6.45) is 0. The number of ether oxygens (including phenoxy) is 1. The third kappa shape index (κ3) is 3.17. The second-order valence-corrected chi connectivity index (χ2v) is 4.41. The van der Waals surface area contributed by atoms with Gasteiger partial charge in [-0.2, -0.15) is 0 Å². The van der Waals surface area contributed by atoms with Crippen molar-refractivity contribution in [2.24, 2.45) is 0 Å². The highest BCUT2D eigenvalue weighted by Crippen LogP contribution is 2.24. The zero-order valence-electron chi connectivity index (χ0n) is 9.24. The normalized spacial score (nSPS) is 10.2. The van der Waals surface area contributed by atoms with Gasteiger partial charge in [0.25, 0.3) is 5.56 Å². The van der Waals surface area contributed by atoms with E-state index in [9.17, 15) is 4.79 Å². The Kier molecular flexibility index (Phi) is 3.58. The van der Waals surface area contributed by atoms with Gasteiger partial charge in [-0.05, 0) is 35.0 Å². The number of benzene rings is 1. The van der Waals surface area contributed by atoms with Crippen LogP contribution in [0.2, 0.25) is 0 Å². The SMILES string of the molecule is Cc1cc(=O)[nH]c(COc2ccccc2Br)n1. The molecule has 0 aliphatic carbocycles. The van der Waals surface area contributed by atoms with E-state index in [1.54, 1.807) is 6.92 Å². The van der Waals surface area contributed by atoms with Crippen molar-refractivity contribution in [3.05, 3.63) is 56.7 Å². The molecule has 0 amide bonds. The fourth-order valence-corrected chi connectivity index (χ4v) is 1.82. The Morgan fingerprint density at radius 3 is 2.88 bits per heavy atom. The Morgan fingerprint density at radius 2 is 2.18 bits per heavy atom. The van der Waals surface area contributed by atoms with Gasteiger partial charge >= 0.3 is 0 Å². The van der Waals surface area contributed by atoms with Crippen LogP contribution in [0.25, 0.3) is 0 Å². The summed E-state index contributed by atoms with van der Waals surface area (Å²) in [6.45, 7) is 2.01. The molecule has 1 N–H and O–H groups in total. The molecule has 0 atom stereocenters. The van der Waals surface area contributed by atoms with E-state index in [1.807, 2.05) is 24.3 Å². The first-order valence-electron chi connectivity index (χ1n) is 5.09. The number of halogens is 1. The van der Waals surface area contributed by atoms with E-state index in [-0.39, 0.29) is 12.2 Å². The first-order valence-corrected chi connectivity index (χ1v) is 5.88. The van der Waals surface area contributed by atoms with Crippen molar-refractivity contribution in [3.63, 3.8) is 0 Å². The van der Waals surface area contributed by atoms with E-state index >= 15 is 0 Å². The van der Waals surface area contributed by atoms with Crippen LogP contribution in [-0.2, 0) is 6.61 Å². The Morgan fingerprint density at radius 1 is 1.41 bits per heavy atom. The molecule has 0 saturated heterocycles. The molecule has 0 saturated carbocycles. The minimum atomic E-state index is -0.164. The number of aryl methyl sites for hydroxylation is 1. The van der Waals surface area contributed by atoms with Crippen molar-refractivity contribution in [1.29, 1.82) is 0 Å². The summed E-state index contributed by atoms with van der Waals surface area (Å²) >= 11 is 3.38. The molecule has 5 heteroatoms. The summed E-state index contributed by atoms with van der Waals surface area (Å²) < 4.78 is 6.42. The number of H-pyrrole nitrogens is 1. The van der Waals surface area contributed by atoms with Crippen LogP contribution in [0.5, 0.6) is 5.75 Å². The third-order valence-corrected chi connectivity index (χ3v) is 2.77. The minimum absolute atomic E-state index is 0.164. The molecule has 0 spiro atoms. The lowest BCUT2D eigenvalue weighted by molar-refractivity contribution is 0.293. The second-order valence-electron chi connectivity index (χ2n) is 3.55. The number of aromatic nitrogens is 2. The number of aromatic amines is 1. The monoisotopic (exact) mass is 294 g/mol. The number of hydrogen-bond donors (Lipinski definition) is 1. The van der Waals surface area contributed by atoms with Gasteiger partial charge in [0.1, 0.15) is 18.2 Å². The highest BCUT2D eigenvalue weighted by Gasteiger charge is 2.02. The molecular formula is C12H11BrN2O2. The molecule has 1 heterocycles. The van der Waals surface area contributed by atoms with Crippen LogP contribution >= 0.6 is 15.9 Å². The topological polar surface area (TPSA) is 55.0 Å². The number of hydrogen-bond acceptors (Lipinski definition) is 3. The Balaban J connectivity index is 2.13. The third-order valence-electron chi connectivity index (χ3n) is 2.12. The van der Waals surface area contributed by atoms with E-state index in [2.05, 4.69) is 25.9 Å². The van der Waals surface area contributed by atoms with Crippen LogP contribution in [0.1, 0.15) is 11.5 Å². The number of para-hydroxylation sites is 1. The first-order chi connectivity index (χ1) is 8.15. The highest BCUT2D eigenvalue weighted by atomic mass is 79.9. The van der Waals surface area contributed by atoms with Crippen molar-refractivity contribution >= 4 is 15.9 Å². The molecule has 4 nitrogen and oxygen atoms in total. The summed E-state index contributed by atoms with van der Waals surface area (Å²) in [7, 11) is 0. The van der Waals surface area contributed by atoms with Crippen molar-refractivity contribution in [3.8, 4) is 5.75 Å². The molecule has 0 aliphatic rings. The lowest BCUT2D eigenvalue weighted by Gasteiger charge is -2.07. The van der Waals surface area contributed by atoms with Crippen molar-refractivity contribution in [1.82, 2.24) is 9.97 Å². The van der Waals surface area contributed by atoms with Gasteiger partial charge in [-0.25, -0.2) is 4.98 Å². The summed E-state index contributed by atoms with van der Waals surface area (Å²) in [5.74, 6) is 1.24. The maximum Gasteiger partial charge on any atom is 0.251 e. The molecule has 2 rings (SSSR count). The Labute approximate surface area is 107 Å². The zero-order chi connectivity index (χ0) is 12.3. The van der Waals surface area contributed by atoms with Crippen LogP contribution in [0.15, 0.2) is 39.6 Å². The molecule has 1 aromatic heterocycles. The Bertz CT molecular complexity index is 581. The second kappa shape index (κ2) is 5.14. The van der Waals surface area contributed by atoms with Gasteiger partial charge < -0.3 is 9.72 Å². The van der Waals surface area contributed by atoms with E-state index in [0.717, 1.165) is 10.2 Å². The molecule has 17 heavy (non-hydrogen) atoms. The first kappa shape index (κ1) is 11.9. The smallest absolute Gasteiger partial charge is 0.251 e. The van der Waals surface area contributed by atoms with Gasteiger partial charge in [-0.15, -0.1) is 0 Å². The molecule has 0 unspecified atom stereocenters. The number of nitrogens with zero attached hydrogens (tertiary/aromatic N) is 1. The van der Waals surface area contributed by atoms with Gasteiger partial charge in [-0.3, -0.25) is 4.79 Å². The molecule has 0 fully saturated rings. The molecule has 88 valence electrons. The Hall–Kier alpha value is -1.62. The summed E-state index contributed by atoms with van der Waals surface area (Å²) in [5, 5.41) is 0. The van der Waals surface area contributed by atoms with Crippen molar-refractivity contribution in [2.45, 2.75) is 13.5 Å². The zero-order valence-corrected chi connectivity index (χ0v) is 10.8.